The molecule has 0 aliphatic rings. The summed E-state index contributed by atoms with van der Waals surface area (Å²) in [4.78, 5) is 0. The summed E-state index contributed by atoms with van der Waals surface area (Å²) in [5, 5.41) is 9.35. The van der Waals surface area contributed by atoms with Crippen molar-refractivity contribution in [2.45, 2.75) is 26.1 Å². The molecule has 0 aromatic heterocycles. The number of hydrogen-bond acceptors (Lipinski definition) is 4. The second-order valence-electron chi connectivity index (χ2n) is 3.61. The average Bonchev–Trinajstić information content (AvgIpc) is 2.28. The van der Waals surface area contributed by atoms with Gasteiger partial charge in [0.25, 0.3) is 0 Å². The van der Waals surface area contributed by atoms with Crippen molar-refractivity contribution in [2.24, 2.45) is 0 Å². The lowest BCUT2D eigenvalue weighted by Crippen LogP contribution is -2.25. The number of ether oxygens (including phenoxy) is 3. The highest BCUT2D eigenvalue weighted by Gasteiger charge is 2.11. The van der Waals surface area contributed by atoms with Gasteiger partial charge >= 0.3 is 0 Å². The third kappa shape index (κ3) is 3.31. The summed E-state index contributed by atoms with van der Waals surface area (Å²) in [5.41, 5.74) is 0. The Morgan fingerprint density at radius 3 is 1.75 bits per heavy atom. The highest BCUT2D eigenvalue weighted by Crippen LogP contribution is 2.28. The van der Waals surface area contributed by atoms with Crippen LogP contribution in [0.5, 0.6) is 17.2 Å². The van der Waals surface area contributed by atoms with E-state index in [4.69, 9.17) is 14.2 Å². The molecule has 1 aromatic carbocycles. The minimum atomic E-state index is -0.530. The lowest BCUT2D eigenvalue weighted by Gasteiger charge is -2.18. The standard InChI is InChI=1S/C12H18O4/c1-8(13)9(2)16-12-6-10(14-3)5-11(7-12)15-4/h5-9,13H,1-4H3/t8-,9?/m1/s1. The van der Waals surface area contributed by atoms with Crippen LogP contribution >= 0.6 is 0 Å². The highest BCUT2D eigenvalue weighted by atomic mass is 16.5. The van der Waals surface area contributed by atoms with Gasteiger partial charge in [0, 0.05) is 18.2 Å². The molecule has 0 spiro atoms. The van der Waals surface area contributed by atoms with E-state index < -0.39 is 6.10 Å². The molecule has 1 rings (SSSR count). The van der Waals surface area contributed by atoms with Gasteiger partial charge < -0.3 is 19.3 Å². The van der Waals surface area contributed by atoms with Gasteiger partial charge in [-0.25, -0.2) is 0 Å². The monoisotopic (exact) mass is 226 g/mol. The summed E-state index contributed by atoms with van der Waals surface area (Å²) in [6, 6.07) is 5.27. The highest BCUT2D eigenvalue weighted by molar-refractivity contribution is 5.42. The van der Waals surface area contributed by atoms with Gasteiger partial charge in [0.1, 0.15) is 23.4 Å². The van der Waals surface area contributed by atoms with Gasteiger partial charge in [-0.1, -0.05) is 0 Å². The smallest absolute Gasteiger partial charge is 0.127 e. The number of hydrogen-bond donors (Lipinski definition) is 1. The van der Waals surface area contributed by atoms with E-state index in [2.05, 4.69) is 0 Å². The first-order valence-corrected chi connectivity index (χ1v) is 5.14. The fourth-order valence-corrected chi connectivity index (χ4v) is 1.16. The first-order chi connectivity index (χ1) is 7.56. The quantitative estimate of drug-likeness (QED) is 0.832. The molecule has 0 radical (unpaired) electrons. The Morgan fingerprint density at radius 1 is 0.938 bits per heavy atom. The van der Waals surface area contributed by atoms with Gasteiger partial charge in [0.2, 0.25) is 0 Å². The first-order valence-electron chi connectivity index (χ1n) is 5.14. The lowest BCUT2D eigenvalue weighted by molar-refractivity contribution is 0.0601. The Bertz CT molecular complexity index is 314. The van der Waals surface area contributed by atoms with Crippen LogP contribution in [0.25, 0.3) is 0 Å². The van der Waals surface area contributed by atoms with E-state index >= 15 is 0 Å². The maximum Gasteiger partial charge on any atom is 0.127 e. The van der Waals surface area contributed by atoms with E-state index in [0.29, 0.717) is 17.2 Å². The number of methoxy groups -OCH3 is 2. The summed E-state index contributed by atoms with van der Waals surface area (Å²) in [7, 11) is 3.16. The van der Waals surface area contributed by atoms with Crippen molar-refractivity contribution in [2.75, 3.05) is 14.2 Å². The third-order valence-corrected chi connectivity index (χ3v) is 2.33. The van der Waals surface area contributed by atoms with Crippen molar-refractivity contribution in [1.29, 1.82) is 0 Å². The van der Waals surface area contributed by atoms with E-state index in [-0.39, 0.29) is 6.10 Å². The summed E-state index contributed by atoms with van der Waals surface area (Å²) in [6.07, 6.45) is -0.811. The Morgan fingerprint density at radius 2 is 1.38 bits per heavy atom. The minimum Gasteiger partial charge on any atom is -0.496 e. The SMILES string of the molecule is COc1cc(OC)cc(OC(C)[C@@H](C)O)c1. The maximum atomic E-state index is 9.35. The molecule has 0 heterocycles. The Balaban J connectivity index is 2.86. The summed E-state index contributed by atoms with van der Waals surface area (Å²) >= 11 is 0. The lowest BCUT2D eigenvalue weighted by atomic mass is 10.2. The molecule has 0 bridgehead atoms. The fourth-order valence-electron chi connectivity index (χ4n) is 1.16. The summed E-state index contributed by atoms with van der Waals surface area (Å²) in [5.74, 6) is 1.93. The molecule has 4 heteroatoms. The molecule has 4 nitrogen and oxygen atoms in total. The first kappa shape index (κ1) is 12.6. The van der Waals surface area contributed by atoms with E-state index in [1.807, 2.05) is 0 Å². The van der Waals surface area contributed by atoms with Gasteiger partial charge in [-0.3, -0.25) is 0 Å². The molecule has 2 atom stereocenters. The number of aliphatic hydroxyl groups is 1. The molecule has 1 aromatic rings. The molecule has 0 aliphatic carbocycles. The Kier molecular flexibility index (Phi) is 4.43. The Labute approximate surface area is 95.8 Å². The van der Waals surface area contributed by atoms with Crippen LogP contribution in [0.1, 0.15) is 13.8 Å². The zero-order chi connectivity index (χ0) is 12.1. The van der Waals surface area contributed by atoms with Crippen LogP contribution in [0.15, 0.2) is 18.2 Å². The van der Waals surface area contributed by atoms with Crippen LogP contribution in [0, 0.1) is 0 Å². The molecule has 0 amide bonds. The van der Waals surface area contributed by atoms with Crippen LogP contribution in [0.3, 0.4) is 0 Å². The molecular weight excluding hydrogens is 208 g/mol. The van der Waals surface area contributed by atoms with E-state index in [0.717, 1.165) is 0 Å². The van der Waals surface area contributed by atoms with Crippen LogP contribution in [-0.4, -0.2) is 31.5 Å². The normalized spacial score (nSPS) is 14.1. The van der Waals surface area contributed by atoms with Crippen LogP contribution in [0.2, 0.25) is 0 Å². The maximum absolute atomic E-state index is 9.35. The van der Waals surface area contributed by atoms with E-state index in [9.17, 15) is 5.11 Å². The number of aliphatic hydroxyl groups excluding tert-OH is 1. The van der Waals surface area contributed by atoms with Crippen LogP contribution in [0.4, 0.5) is 0 Å². The molecule has 16 heavy (non-hydrogen) atoms. The Hall–Kier alpha value is -1.42. The number of rotatable bonds is 5. The topological polar surface area (TPSA) is 47.9 Å². The summed E-state index contributed by atoms with van der Waals surface area (Å²) in [6.45, 7) is 3.48. The van der Waals surface area contributed by atoms with Crippen molar-refractivity contribution < 1.29 is 19.3 Å². The molecular formula is C12H18O4. The fraction of sp³-hybridized carbons (Fsp3) is 0.500. The third-order valence-electron chi connectivity index (χ3n) is 2.33. The predicted octanol–water partition coefficient (Wildman–Crippen LogP) is 1.85. The molecule has 1 N–H and O–H groups in total. The van der Waals surface area contributed by atoms with Crippen molar-refractivity contribution in [3.63, 3.8) is 0 Å². The van der Waals surface area contributed by atoms with Crippen molar-refractivity contribution in [1.82, 2.24) is 0 Å². The van der Waals surface area contributed by atoms with Gasteiger partial charge in [-0.05, 0) is 13.8 Å². The number of benzene rings is 1. The largest absolute Gasteiger partial charge is 0.496 e. The molecule has 0 fully saturated rings. The van der Waals surface area contributed by atoms with Crippen LogP contribution < -0.4 is 14.2 Å². The van der Waals surface area contributed by atoms with Gasteiger partial charge in [0.15, 0.2) is 0 Å². The van der Waals surface area contributed by atoms with E-state index in [1.165, 1.54) is 0 Å². The molecule has 0 saturated heterocycles. The summed E-state index contributed by atoms with van der Waals surface area (Å²) < 4.78 is 15.8. The van der Waals surface area contributed by atoms with Crippen molar-refractivity contribution in [3.8, 4) is 17.2 Å². The zero-order valence-corrected chi connectivity index (χ0v) is 10.1. The predicted molar refractivity (Wildman–Crippen MR) is 61.3 cm³/mol. The van der Waals surface area contributed by atoms with Crippen LogP contribution in [-0.2, 0) is 0 Å². The van der Waals surface area contributed by atoms with Crippen molar-refractivity contribution in [3.05, 3.63) is 18.2 Å². The van der Waals surface area contributed by atoms with Crippen molar-refractivity contribution >= 4 is 0 Å². The van der Waals surface area contributed by atoms with Gasteiger partial charge in [-0.2, -0.15) is 0 Å². The second-order valence-corrected chi connectivity index (χ2v) is 3.61. The van der Waals surface area contributed by atoms with Gasteiger partial charge in [0.05, 0.1) is 20.3 Å². The minimum absolute atomic E-state index is 0.281. The molecule has 0 saturated carbocycles. The average molecular weight is 226 g/mol. The van der Waals surface area contributed by atoms with Gasteiger partial charge in [-0.15, -0.1) is 0 Å². The molecule has 1 unspecified atom stereocenters. The second kappa shape index (κ2) is 5.61. The molecule has 90 valence electrons. The van der Waals surface area contributed by atoms with E-state index in [1.54, 1.807) is 46.3 Å². The molecule has 0 aliphatic heterocycles. The zero-order valence-electron chi connectivity index (χ0n) is 10.1.